The van der Waals surface area contributed by atoms with E-state index in [1.807, 2.05) is 0 Å². The second-order valence-electron chi connectivity index (χ2n) is 8.92. The van der Waals surface area contributed by atoms with Gasteiger partial charge in [-0.15, -0.1) is 0 Å². The van der Waals surface area contributed by atoms with Crippen molar-refractivity contribution < 1.29 is 4.79 Å². The van der Waals surface area contributed by atoms with Gasteiger partial charge in [0, 0.05) is 19.1 Å². The maximum atomic E-state index is 13.2. The molecule has 1 atom stereocenters. The van der Waals surface area contributed by atoms with Crippen LogP contribution in [0.15, 0.2) is 24.3 Å². The molecule has 132 valence electrons. The molecule has 2 aliphatic rings. The van der Waals surface area contributed by atoms with Crippen LogP contribution < -0.4 is 0 Å². The van der Waals surface area contributed by atoms with Crippen LogP contribution in [-0.2, 0) is 15.6 Å². The van der Waals surface area contributed by atoms with E-state index >= 15 is 0 Å². The Labute approximate surface area is 147 Å². The van der Waals surface area contributed by atoms with Crippen molar-refractivity contribution in [3.05, 3.63) is 35.4 Å². The Morgan fingerprint density at radius 3 is 2.29 bits per heavy atom. The van der Waals surface area contributed by atoms with Crippen molar-refractivity contribution in [3.63, 3.8) is 0 Å². The van der Waals surface area contributed by atoms with Gasteiger partial charge >= 0.3 is 0 Å². The Morgan fingerprint density at radius 1 is 1.17 bits per heavy atom. The van der Waals surface area contributed by atoms with E-state index in [0.29, 0.717) is 11.9 Å². The lowest BCUT2D eigenvalue weighted by molar-refractivity contribution is -0.136. The number of rotatable bonds is 3. The molecule has 2 fully saturated rings. The highest BCUT2D eigenvalue weighted by atomic mass is 16.2. The second-order valence-corrected chi connectivity index (χ2v) is 8.92. The van der Waals surface area contributed by atoms with Crippen LogP contribution in [0.1, 0.15) is 57.6 Å². The Kier molecular flexibility index (Phi) is 4.50. The lowest BCUT2D eigenvalue weighted by Crippen LogP contribution is -2.50. The van der Waals surface area contributed by atoms with Gasteiger partial charge in [0.2, 0.25) is 5.91 Å². The molecule has 1 aromatic rings. The van der Waals surface area contributed by atoms with Gasteiger partial charge in [-0.05, 0) is 56.3 Å². The number of carbonyl (C=O) groups excluding carboxylic acids is 1. The monoisotopic (exact) mass is 328 g/mol. The average Bonchev–Trinajstić information content (AvgIpc) is 3.35. The summed E-state index contributed by atoms with van der Waals surface area (Å²) in [5.74, 6) is 0.359. The highest BCUT2D eigenvalue weighted by Gasteiger charge is 2.53. The predicted molar refractivity (Wildman–Crippen MR) is 99.3 cm³/mol. The van der Waals surface area contributed by atoms with Crippen LogP contribution in [-0.4, -0.2) is 48.9 Å². The van der Waals surface area contributed by atoms with Crippen molar-refractivity contribution in [3.8, 4) is 0 Å². The van der Waals surface area contributed by atoms with Gasteiger partial charge in [-0.2, -0.15) is 0 Å². The molecule has 1 aliphatic carbocycles. The van der Waals surface area contributed by atoms with Crippen LogP contribution in [0, 0.1) is 0 Å². The number of carbonyl (C=O) groups is 1. The molecule has 1 heterocycles. The van der Waals surface area contributed by atoms with Gasteiger partial charge in [0.1, 0.15) is 0 Å². The average molecular weight is 329 g/mol. The molecule has 1 aromatic carbocycles. The zero-order chi connectivity index (χ0) is 17.5. The topological polar surface area (TPSA) is 23.6 Å². The number of piperidine rings is 1. The lowest BCUT2D eigenvalue weighted by Gasteiger charge is -2.38. The third kappa shape index (κ3) is 3.23. The highest BCUT2D eigenvalue weighted by Crippen LogP contribution is 2.50. The Balaban J connectivity index is 1.77. The molecule has 3 rings (SSSR count). The minimum atomic E-state index is -0.232. The summed E-state index contributed by atoms with van der Waals surface area (Å²) in [4.78, 5) is 17.6. The van der Waals surface area contributed by atoms with E-state index in [9.17, 15) is 4.79 Å². The van der Waals surface area contributed by atoms with Gasteiger partial charge in [0.15, 0.2) is 0 Å². The number of amides is 1. The normalized spacial score (nSPS) is 23.4. The van der Waals surface area contributed by atoms with Crippen molar-refractivity contribution in [2.75, 3.05) is 27.2 Å². The minimum absolute atomic E-state index is 0.158. The quantitative estimate of drug-likeness (QED) is 0.847. The largest absolute Gasteiger partial charge is 0.340 e. The first kappa shape index (κ1) is 17.5. The van der Waals surface area contributed by atoms with E-state index in [2.05, 4.69) is 68.9 Å². The lowest BCUT2D eigenvalue weighted by atomic mass is 9.84. The molecule has 1 saturated carbocycles. The summed E-state index contributed by atoms with van der Waals surface area (Å²) in [6.07, 6.45) is 4.32. The number of benzene rings is 1. The van der Waals surface area contributed by atoms with Crippen molar-refractivity contribution in [2.24, 2.45) is 0 Å². The van der Waals surface area contributed by atoms with E-state index in [0.717, 1.165) is 32.4 Å². The smallest absolute Gasteiger partial charge is 0.233 e. The van der Waals surface area contributed by atoms with Gasteiger partial charge in [0.05, 0.1) is 5.41 Å². The molecule has 0 radical (unpaired) electrons. The van der Waals surface area contributed by atoms with Crippen LogP contribution in [0.25, 0.3) is 0 Å². The first-order chi connectivity index (χ1) is 11.2. The zero-order valence-electron chi connectivity index (χ0n) is 15.9. The molecule has 0 bridgehead atoms. The molecule has 1 unspecified atom stereocenters. The van der Waals surface area contributed by atoms with Gasteiger partial charge in [-0.1, -0.05) is 45.0 Å². The van der Waals surface area contributed by atoms with Crippen LogP contribution in [0.3, 0.4) is 0 Å². The molecule has 1 amide bonds. The summed E-state index contributed by atoms with van der Waals surface area (Å²) in [5, 5.41) is 0. The molecular formula is C21H32N2O. The van der Waals surface area contributed by atoms with Gasteiger partial charge < -0.3 is 9.80 Å². The Hall–Kier alpha value is -1.35. The summed E-state index contributed by atoms with van der Waals surface area (Å²) >= 11 is 0. The molecule has 0 N–H and O–H groups in total. The van der Waals surface area contributed by atoms with Gasteiger partial charge in [0.25, 0.3) is 0 Å². The fraction of sp³-hybridized carbons (Fsp3) is 0.667. The third-order valence-corrected chi connectivity index (χ3v) is 5.88. The number of hydrogen-bond acceptors (Lipinski definition) is 2. The summed E-state index contributed by atoms with van der Waals surface area (Å²) in [6, 6.07) is 9.31. The highest BCUT2D eigenvalue weighted by molar-refractivity contribution is 5.91. The van der Waals surface area contributed by atoms with E-state index in [-0.39, 0.29) is 10.8 Å². The standard InChI is InChI=1S/C21H32N2O/c1-20(2,3)16-8-10-17(11-9-16)21(12-13-21)19(24)23-14-6-7-18(15-23)22(4)5/h8-11,18H,6-7,12-15H2,1-5H3. The van der Waals surface area contributed by atoms with E-state index in [1.54, 1.807) is 0 Å². The summed E-state index contributed by atoms with van der Waals surface area (Å²) in [5.41, 5.74) is 2.47. The fourth-order valence-electron chi connectivity index (χ4n) is 3.90. The predicted octanol–water partition coefficient (Wildman–Crippen LogP) is 3.57. The van der Waals surface area contributed by atoms with E-state index in [1.165, 1.54) is 17.5 Å². The minimum Gasteiger partial charge on any atom is -0.340 e. The molecular weight excluding hydrogens is 296 g/mol. The van der Waals surface area contributed by atoms with Gasteiger partial charge in [-0.25, -0.2) is 0 Å². The first-order valence-electron chi connectivity index (χ1n) is 9.31. The SMILES string of the molecule is CN(C)C1CCCN(C(=O)C2(c3ccc(C(C)(C)C)cc3)CC2)C1. The zero-order valence-corrected chi connectivity index (χ0v) is 15.9. The second kappa shape index (κ2) is 6.18. The van der Waals surface area contributed by atoms with Crippen molar-refractivity contribution in [2.45, 2.75) is 63.3 Å². The van der Waals surface area contributed by atoms with Crippen LogP contribution in [0.2, 0.25) is 0 Å². The van der Waals surface area contributed by atoms with Crippen LogP contribution >= 0.6 is 0 Å². The molecule has 24 heavy (non-hydrogen) atoms. The molecule has 3 heteroatoms. The van der Waals surface area contributed by atoms with Crippen molar-refractivity contribution in [1.82, 2.24) is 9.80 Å². The molecule has 0 spiro atoms. The first-order valence-corrected chi connectivity index (χ1v) is 9.31. The number of likely N-dealkylation sites (N-methyl/N-ethyl adjacent to an activating group) is 1. The number of hydrogen-bond donors (Lipinski definition) is 0. The summed E-state index contributed by atoms with van der Waals surface area (Å²) in [6.45, 7) is 8.50. The maximum absolute atomic E-state index is 13.2. The number of nitrogens with zero attached hydrogens (tertiary/aromatic N) is 2. The van der Waals surface area contributed by atoms with Crippen LogP contribution in [0.4, 0.5) is 0 Å². The van der Waals surface area contributed by atoms with Crippen molar-refractivity contribution >= 4 is 5.91 Å². The molecule has 3 nitrogen and oxygen atoms in total. The summed E-state index contributed by atoms with van der Waals surface area (Å²) < 4.78 is 0. The van der Waals surface area contributed by atoms with E-state index in [4.69, 9.17) is 0 Å². The summed E-state index contributed by atoms with van der Waals surface area (Å²) in [7, 11) is 4.24. The third-order valence-electron chi connectivity index (χ3n) is 5.88. The molecule has 0 aromatic heterocycles. The maximum Gasteiger partial charge on any atom is 0.233 e. The van der Waals surface area contributed by atoms with E-state index < -0.39 is 0 Å². The van der Waals surface area contributed by atoms with Gasteiger partial charge in [-0.3, -0.25) is 4.79 Å². The number of likely N-dealkylation sites (tertiary alicyclic amines) is 1. The molecule has 1 aliphatic heterocycles. The Morgan fingerprint density at radius 2 is 1.79 bits per heavy atom. The van der Waals surface area contributed by atoms with Crippen molar-refractivity contribution in [1.29, 1.82) is 0 Å². The Bertz CT molecular complexity index is 593. The van der Waals surface area contributed by atoms with Crippen LogP contribution in [0.5, 0.6) is 0 Å². The molecule has 1 saturated heterocycles. The fourth-order valence-corrected chi connectivity index (χ4v) is 3.90.